The molecule has 0 saturated heterocycles. The summed E-state index contributed by atoms with van der Waals surface area (Å²) < 4.78 is 27.7. The number of nitrogens with zero attached hydrogens (tertiary/aromatic N) is 1. The number of hydrogen-bond acceptors (Lipinski definition) is 2. The van der Waals surface area contributed by atoms with Crippen LogP contribution >= 0.6 is 0 Å². The molecule has 0 atom stereocenters. The van der Waals surface area contributed by atoms with Crippen LogP contribution in [0.4, 0.5) is 14.5 Å². The van der Waals surface area contributed by atoms with Crippen LogP contribution in [-0.2, 0) is 6.54 Å². The maximum atomic E-state index is 14.0. The molecule has 21 heavy (non-hydrogen) atoms. The summed E-state index contributed by atoms with van der Waals surface area (Å²) in [4.78, 5) is 4.33. The Morgan fingerprint density at radius 3 is 2.71 bits per heavy atom. The molecule has 0 aliphatic rings. The second-order valence-corrected chi connectivity index (χ2v) is 4.90. The monoisotopic (exact) mass is 284 g/mol. The van der Waals surface area contributed by atoms with E-state index in [0.29, 0.717) is 12.1 Å². The molecule has 0 radical (unpaired) electrons. The van der Waals surface area contributed by atoms with E-state index in [-0.39, 0.29) is 5.69 Å². The van der Waals surface area contributed by atoms with Gasteiger partial charge in [0, 0.05) is 18.1 Å². The minimum absolute atomic E-state index is 0.0945. The first-order valence-electron chi connectivity index (χ1n) is 6.68. The summed E-state index contributed by atoms with van der Waals surface area (Å²) in [5, 5.41) is 3.84. The van der Waals surface area contributed by atoms with Gasteiger partial charge in [0.25, 0.3) is 0 Å². The van der Waals surface area contributed by atoms with E-state index in [9.17, 15) is 8.78 Å². The van der Waals surface area contributed by atoms with Gasteiger partial charge in [-0.15, -0.1) is 0 Å². The number of anilines is 1. The molecule has 2 nitrogen and oxygen atoms in total. The Morgan fingerprint density at radius 2 is 1.86 bits per heavy atom. The summed E-state index contributed by atoms with van der Waals surface area (Å²) in [5.74, 6) is -1.14. The SMILES string of the molecule is Cc1ccc(F)c(NCc2cccc3cccnc23)c1F. The first-order valence-corrected chi connectivity index (χ1v) is 6.68. The lowest BCUT2D eigenvalue weighted by atomic mass is 10.1. The fourth-order valence-corrected chi connectivity index (χ4v) is 2.31. The van der Waals surface area contributed by atoms with Crippen LogP contribution in [0.1, 0.15) is 11.1 Å². The van der Waals surface area contributed by atoms with Crippen LogP contribution in [0.3, 0.4) is 0 Å². The fourth-order valence-electron chi connectivity index (χ4n) is 2.31. The van der Waals surface area contributed by atoms with E-state index < -0.39 is 11.6 Å². The van der Waals surface area contributed by atoms with Crippen molar-refractivity contribution in [2.75, 3.05) is 5.32 Å². The zero-order valence-corrected chi connectivity index (χ0v) is 11.5. The highest BCUT2D eigenvalue weighted by Crippen LogP contribution is 2.23. The standard InChI is InChI=1S/C17H14F2N2/c1-11-7-8-14(18)17(15(11)19)21-10-13-5-2-4-12-6-3-9-20-16(12)13/h2-9,21H,10H2,1H3. The first-order chi connectivity index (χ1) is 10.2. The maximum Gasteiger partial charge on any atom is 0.152 e. The summed E-state index contributed by atoms with van der Waals surface area (Å²) in [6.45, 7) is 1.92. The molecule has 0 amide bonds. The highest BCUT2D eigenvalue weighted by Gasteiger charge is 2.11. The maximum absolute atomic E-state index is 14.0. The van der Waals surface area contributed by atoms with Gasteiger partial charge in [0.1, 0.15) is 11.5 Å². The Morgan fingerprint density at radius 1 is 1.05 bits per heavy atom. The topological polar surface area (TPSA) is 24.9 Å². The molecule has 2 aromatic carbocycles. The van der Waals surface area contributed by atoms with Gasteiger partial charge >= 0.3 is 0 Å². The average molecular weight is 284 g/mol. The van der Waals surface area contributed by atoms with E-state index in [1.165, 1.54) is 12.1 Å². The molecular formula is C17H14F2N2. The van der Waals surface area contributed by atoms with Gasteiger partial charge in [0.15, 0.2) is 5.82 Å². The second kappa shape index (κ2) is 5.48. The van der Waals surface area contributed by atoms with Gasteiger partial charge in [-0.1, -0.05) is 30.3 Å². The molecule has 0 saturated carbocycles. The lowest BCUT2D eigenvalue weighted by molar-refractivity contribution is 0.582. The number of para-hydroxylation sites is 1. The molecule has 1 heterocycles. The summed E-state index contributed by atoms with van der Waals surface area (Å²) in [6.07, 6.45) is 1.71. The van der Waals surface area contributed by atoms with Crippen LogP contribution in [0.15, 0.2) is 48.7 Å². The molecule has 1 N–H and O–H groups in total. The Labute approximate surface area is 121 Å². The number of pyridine rings is 1. The van der Waals surface area contributed by atoms with Gasteiger partial charge < -0.3 is 5.32 Å². The summed E-state index contributed by atoms with van der Waals surface area (Å²) in [7, 11) is 0. The normalized spacial score (nSPS) is 10.8. The third-order valence-electron chi connectivity index (χ3n) is 3.46. The Bertz CT molecular complexity index is 795. The Hall–Kier alpha value is -2.49. The van der Waals surface area contributed by atoms with E-state index in [4.69, 9.17) is 0 Å². The van der Waals surface area contributed by atoms with Crippen LogP contribution < -0.4 is 5.32 Å². The smallest absolute Gasteiger partial charge is 0.152 e. The quantitative estimate of drug-likeness (QED) is 0.769. The predicted octanol–water partition coefficient (Wildman–Crippen LogP) is 4.43. The molecule has 106 valence electrons. The molecule has 0 fully saturated rings. The van der Waals surface area contributed by atoms with Crippen molar-refractivity contribution in [2.45, 2.75) is 13.5 Å². The number of benzene rings is 2. The van der Waals surface area contributed by atoms with E-state index in [1.54, 1.807) is 13.1 Å². The molecular weight excluding hydrogens is 270 g/mol. The van der Waals surface area contributed by atoms with Gasteiger partial charge in [-0.3, -0.25) is 4.98 Å². The minimum Gasteiger partial charge on any atom is -0.376 e. The van der Waals surface area contributed by atoms with Crippen LogP contribution in [0.5, 0.6) is 0 Å². The molecule has 0 aliphatic heterocycles. The van der Waals surface area contributed by atoms with Crippen molar-refractivity contribution in [3.05, 3.63) is 71.4 Å². The highest BCUT2D eigenvalue weighted by atomic mass is 19.1. The molecule has 3 aromatic rings. The third kappa shape index (κ3) is 2.57. The lowest BCUT2D eigenvalue weighted by Gasteiger charge is -2.11. The lowest BCUT2D eigenvalue weighted by Crippen LogP contribution is -2.05. The zero-order chi connectivity index (χ0) is 14.8. The number of aryl methyl sites for hydroxylation is 1. The van der Waals surface area contributed by atoms with Crippen molar-refractivity contribution in [2.24, 2.45) is 0 Å². The number of hydrogen-bond donors (Lipinski definition) is 1. The predicted molar refractivity (Wildman–Crippen MR) is 80.2 cm³/mol. The number of nitrogens with one attached hydrogen (secondary N) is 1. The number of halogens is 2. The van der Waals surface area contributed by atoms with Gasteiger partial charge in [0.2, 0.25) is 0 Å². The van der Waals surface area contributed by atoms with Crippen molar-refractivity contribution in [3.8, 4) is 0 Å². The largest absolute Gasteiger partial charge is 0.376 e. The number of fused-ring (bicyclic) bond motifs is 1. The molecule has 4 heteroatoms. The van der Waals surface area contributed by atoms with E-state index in [1.807, 2.05) is 30.3 Å². The first kappa shape index (κ1) is 13.5. The average Bonchev–Trinajstić information content (AvgIpc) is 2.51. The van der Waals surface area contributed by atoms with E-state index >= 15 is 0 Å². The molecule has 3 rings (SSSR count). The van der Waals surface area contributed by atoms with Crippen molar-refractivity contribution in [1.29, 1.82) is 0 Å². The Balaban J connectivity index is 1.93. The third-order valence-corrected chi connectivity index (χ3v) is 3.46. The molecule has 0 unspecified atom stereocenters. The summed E-state index contributed by atoms with van der Waals surface area (Å²) >= 11 is 0. The van der Waals surface area contributed by atoms with Crippen LogP contribution in [0.2, 0.25) is 0 Å². The number of aromatic nitrogens is 1. The fraction of sp³-hybridized carbons (Fsp3) is 0.118. The molecule has 0 aliphatic carbocycles. The van der Waals surface area contributed by atoms with Crippen molar-refractivity contribution in [1.82, 2.24) is 4.98 Å². The van der Waals surface area contributed by atoms with Gasteiger partial charge in [-0.25, -0.2) is 8.78 Å². The minimum atomic E-state index is -0.591. The van der Waals surface area contributed by atoms with Gasteiger partial charge in [0.05, 0.1) is 5.52 Å². The molecule has 0 spiro atoms. The van der Waals surface area contributed by atoms with E-state index in [0.717, 1.165) is 16.5 Å². The summed E-state index contributed by atoms with van der Waals surface area (Å²) in [6, 6.07) is 12.3. The van der Waals surface area contributed by atoms with Crippen molar-refractivity contribution >= 4 is 16.6 Å². The highest BCUT2D eigenvalue weighted by molar-refractivity contribution is 5.81. The zero-order valence-electron chi connectivity index (χ0n) is 11.5. The summed E-state index contributed by atoms with van der Waals surface area (Å²) in [5.41, 5.74) is 2.05. The second-order valence-electron chi connectivity index (χ2n) is 4.90. The molecule has 1 aromatic heterocycles. The molecule has 0 bridgehead atoms. The van der Waals surface area contributed by atoms with Gasteiger partial charge in [-0.2, -0.15) is 0 Å². The number of rotatable bonds is 3. The van der Waals surface area contributed by atoms with Crippen molar-refractivity contribution < 1.29 is 8.78 Å². The van der Waals surface area contributed by atoms with E-state index in [2.05, 4.69) is 10.3 Å². The van der Waals surface area contributed by atoms with Gasteiger partial charge in [-0.05, 0) is 30.2 Å². The Kier molecular flexibility index (Phi) is 3.52. The van der Waals surface area contributed by atoms with Crippen LogP contribution in [0, 0.1) is 18.6 Å². The van der Waals surface area contributed by atoms with Crippen molar-refractivity contribution in [3.63, 3.8) is 0 Å². The van der Waals surface area contributed by atoms with Crippen LogP contribution in [-0.4, -0.2) is 4.98 Å². The van der Waals surface area contributed by atoms with Crippen LogP contribution in [0.25, 0.3) is 10.9 Å².